The topological polar surface area (TPSA) is 82.4 Å². The second kappa shape index (κ2) is 7.74. The quantitative estimate of drug-likeness (QED) is 0.285. The van der Waals surface area contributed by atoms with Gasteiger partial charge in [-0.15, -0.1) is 0 Å². The lowest BCUT2D eigenvalue weighted by atomic mass is 10.2. The number of anilines is 1. The van der Waals surface area contributed by atoms with Gasteiger partial charge in [0.05, 0.1) is 21.2 Å². The van der Waals surface area contributed by atoms with Crippen molar-refractivity contribution in [1.82, 2.24) is 15.4 Å². The van der Waals surface area contributed by atoms with E-state index in [0.29, 0.717) is 24.5 Å². The van der Waals surface area contributed by atoms with Crippen LogP contribution in [-0.2, 0) is 12.4 Å². The first-order valence-electron chi connectivity index (χ1n) is 6.63. The Hall–Kier alpha value is -2.31. The maximum absolute atomic E-state index is 12.6. The monoisotopic (exact) mass is 433 g/mol. The van der Waals surface area contributed by atoms with Crippen molar-refractivity contribution < 1.29 is 31.5 Å². The third-order valence-corrected chi connectivity index (χ3v) is 3.52. The zero-order valence-electron chi connectivity index (χ0n) is 12.6. The molecule has 0 atom stereocenters. The second-order valence-electron chi connectivity index (χ2n) is 4.79. The summed E-state index contributed by atoms with van der Waals surface area (Å²) in [6.07, 6.45) is -8.40. The Labute approximate surface area is 156 Å². The molecule has 0 bridgehead atoms. The van der Waals surface area contributed by atoms with E-state index in [1.54, 1.807) is 5.48 Å². The summed E-state index contributed by atoms with van der Waals surface area (Å²) >= 11 is 11.4. The van der Waals surface area contributed by atoms with Gasteiger partial charge in [0.1, 0.15) is 5.69 Å². The highest BCUT2D eigenvalue weighted by Crippen LogP contribution is 2.33. The molecule has 0 amide bonds. The zero-order valence-corrected chi connectivity index (χ0v) is 14.1. The predicted octanol–water partition coefficient (Wildman–Crippen LogP) is 4.57. The lowest BCUT2D eigenvalue weighted by Gasteiger charge is -2.11. The standard InChI is InChI=1S/C13H7Cl2F6N5O/c14-7-1-5(12(16,17)18)3-22-9(7)11(26-27)25-24-10-8(15)2-6(4-23-10)13(19,20)21/h1-4,27H,(H,23,24)(H,25,26). The number of aromatic nitrogens is 2. The van der Waals surface area contributed by atoms with Crippen LogP contribution in [0.1, 0.15) is 16.8 Å². The van der Waals surface area contributed by atoms with E-state index in [0.717, 1.165) is 0 Å². The number of hydrogen-bond donors (Lipinski definition) is 3. The van der Waals surface area contributed by atoms with E-state index < -0.39 is 39.4 Å². The van der Waals surface area contributed by atoms with Crippen molar-refractivity contribution in [2.45, 2.75) is 12.4 Å². The normalized spacial score (nSPS) is 12.9. The Kier molecular flexibility index (Phi) is 6.02. The number of hydrogen-bond acceptors (Lipinski definition) is 5. The molecule has 2 aromatic rings. The summed E-state index contributed by atoms with van der Waals surface area (Å²) in [5, 5.41) is 11.7. The molecule has 0 saturated carbocycles. The molecule has 146 valence electrons. The Morgan fingerprint density at radius 2 is 1.44 bits per heavy atom. The molecule has 0 spiro atoms. The SMILES string of the molecule is ON/C(=N\Nc1ncc(C(F)(F)F)cc1Cl)c1ncc(C(F)(F)F)cc1Cl. The maximum atomic E-state index is 12.6. The first-order valence-corrected chi connectivity index (χ1v) is 7.38. The highest BCUT2D eigenvalue weighted by Gasteiger charge is 2.32. The van der Waals surface area contributed by atoms with Gasteiger partial charge < -0.3 is 0 Å². The fraction of sp³-hybridized carbons (Fsp3) is 0.154. The number of hydrazone groups is 1. The van der Waals surface area contributed by atoms with Crippen molar-refractivity contribution in [1.29, 1.82) is 0 Å². The molecule has 14 heteroatoms. The number of nitrogens with zero attached hydrogens (tertiary/aromatic N) is 3. The molecule has 0 aromatic carbocycles. The molecule has 0 aliphatic carbocycles. The first-order chi connectivity index (χ1) is 12.4. The molecule has 0 fully saturated rings. The van der Waals surface area contributed by atoms with E-state index in [1.807, 2.05) is 0 Å². The van der Waals surface area contributed by atoms with Crippen LogP contribution in [-0.4, -0.2) is 21.0 Å². The van der Waals surface area contributed by atoms with E-state index in [2.05, 4.69) is 20.5 Å². The highest BCUT2D eigenvalue weighted by molar-refractivity contribution is 6.34. The molecule has 0 aliphatic heterocycles. The number of hydroxylamine groups is 1. The van der Waals surface area contributed by atoms with Gasteiger partial charge in [-0.05, 0) is 12.1 Å². The van der Waals surface area contributed by atoms with Crippen LogP contribution in [0.5, 0.6) is 0 Å². The summed E-state index contributed by atoms with van der Waals surface area (Å²) in [6, 6.07) is 1.14. The number of halogens is 8. The first kappa shape index (κ1) is 21.0. The van der Waals surface area contributed by atoms with Gasteiger partial charge in [0.2, 0.25) is 0 Å². The molecule has 0 radical (unpaired) electrons. The van der Waals surface area contributed by atoms with E-state index in [9.17, 15) is 26.3 Å². The van der Waals surface area contributed by atoms with E-state index in [-0.39, 0.29) is 11.5 Å². The zero-order chi connectivity index (χ0) is 20.4. The van der Waals surface area contributed by atoms with E-state index >= 15 is 0 Å². The van der Waals surface area contributed by atoms with Crippen LogP contribution in [0, 0.1) is 0 Å². The molecule has 0 saturated heterocycles. The van der Waals surface area contributed by atoms with Gasteiger partial charge in [-0.3, -0.25) is 15.6 Å². The average Bonchev–Trinajstić information content (AvgIpc) is 2.55. The molecule has 27 heavy (non-hydrogen) atoms. The largest absolute Gasteiger partial charge is 0.417 e. The number of pyridine rings is 2. The predicted molar refractivity (Wildman–Crippen MR) is 83.6 cm³/mol. The Balaban J connectivity index is 2.30. The van der Waals surface area contributed by atoms with Gasteiger partial charge in [-0.2, -0.15) is 31.4 Å². The van der Waals surface area contributed by atoms with Crippen molar-refractivity contribution >= 4 is 34.9 Å². The van der Waals surface area contributed by atoms with Crippen LogP contribution in [0.2, 0.25) is 10.0 Å². The fourth-order valence-corrected chi connectivity index (χ4v) is 2.15. The van der Waals surface area contributed by atoms with Crippen molar-refractivity contribution in [3.05, 3.63) is 51.4 Å². The smallest absolute Gasteiger partial charge is 0.290 e. The summed E-state index contributed by atoms with van der Waals surface area (Å²) in [5.74, 6) is -0.855. The molecule has 2 heterocycles. The molecule has 6 nitrogen and oxygen atoms in total. The Morgan fingerprint density at radius 1 is 0.926 bits per heavy atom. The fourth-order valence-electron chi connectivity index (χ4n) is 1.68. The number of amidine groups is 1. The number of rotatable bonds is 3. The van der Waals surface area contributed by atoms with Crippen molar-refractivity contribution in [2.24, 2.45) is 5.10 Å². The molecule has 2 aromatic heterocycles. The summed E-state index contributed by atoms with van der Waals surface area (Å²) in [7, 11) is 0. The number of alkyl halides is 6. The second-order valence-corrected chi connectivity index (χ2v) is 5.60. The van der Waals surface area contributed by atoms with Crippen molar-refractivity contribution in [2.75, 3.05) is 5.43 Å². The van der Waals surface area contributed by atoms with E-state index in [4.69, 9.17) is 28.4 Å². The molecule has 0 unspecified atom stereocenters. The Morgan fingerprint density at radius 3 is 1.89 bits per heavy atom. The minimum absolute atomic E-state index is 0.319. The van der Waals surface area contributed by atoms with Crippen LogP contribution < -0.4 is 10.9 Å². The van der Waals surface area contributed by atoms with Crippen molar-refractivity contribution in [3.63, 3.8) is 0 Å². The average molecular weight is 434 g/mol. The van der Waals surface area contributed by atoms with E-state index in [1.165, 1.54) is 0 Å². The lowest BCUT2D eigenvalue weighted by Crippen LogP contribution is -2.24. The van der Waals surface area contributed by atoms with Crippen molar-refractivity contribution in [3.8, 4) is 0 Å². The highest BCUT2D eigenvalue weighted by atomic mass is 35.5. The summed E-state index contributed by atoms with van der Waals surface area (Å²) in [4.78, 5) is 6.88. The molecular weight excluding hydrogens is 427 g/mol. The lowest BCUT2D eigenvalue weighted by molar-refractivity contribution is -0.138. The van der Waals surface area contributed by atoms with Gasteiger partial charge in [0, 0.05) is 12.4 Å². The molecule has 3 N–H and O–H groups in total. The van der Waals surface area contributed by atoms with Gasteiger partial charge in [-0.25, -0.2) is 10.5 Å². The van der Waals surface area contributed by atoms with Gasteiger partial charge >= 0.3 is 12.4 Å². The minimum Gasteiger partial charge on any atom is -0.290 e. The van der Waals surface area contributed by atoms with Crippen LogP contribution in [0.15, 0.2) is 29.6 Å². The minimum atomic E-state index is -4.69. The van der Waals surface area contributed by atoms with Gasteiger partial charge in [0.25, 0.3) is 0 Å². The third-order valence-electron chi connectivity index (χ3n) is 2.94. The maximum Gasteiger partial charge on any atom is 0.417 e. The van der Waals surface area contributed by atoms with Crippen LogP contribution >= 0.6 is 23.2 Å². The summed E-state index contributed by atoms with van der Waals surface area (Å²) < 4.78 is 75.5. The van der Waals surface area contributed by atoms with Gasteiger partial charge in [0.15, 0.2) is 11.7 Å². The molecule has 2 rings (SSSR count). The van der Waals surface area contributed by atoms with Crippen LogP contribution in [0.25, 0.3) is 0 Å². The summed E-state index contributed by atoms with van der Waals surface area (Å²) in [6.45, 7) is 0. The third kappa shape index (κ3) is 5.11. The molecule has 0 aliphatic rings. The van der Waals surface area contributed by atoms with Gasteiger partial charge in [-0.1, -0.05) is 23.2 Å². The van der Waals surface area contributed by atoms with Crippen LogP contribution in [0.4, 0.5) is 32.2 Å². The Bertz CT molecular complexity index is 871. The summed E-state index contributed by atoms with van der Waals surface area (Å²) in [5.41, 5.74) is 1.09. The number of nitrogens with one attached hydrogen (secondary N) is 2. The molecular formula is C13H7Cl2F6N5O. The van der Waals surface area contributed by atoms with Crippen LogP contribution in [0.3, 0.4) is 0 Å².